The molecule has 0 bridgehead atoms. The van der Waals surface area contributed by atoms with Gasteiger partial charge in [0.25, 0.3) is 0 Å². The van der Waals surface area contributed by atoms with E-state index in [2.05, 4.69) is 165 Å². The van der Waals surface area contributed by atoms with E-state index in [0.29, 0.717) is 0 Å². The maximum Gasteiger partial charge on any atom is 0.163 e. The van der Waals surface area contributed by atoms with Crippen molar-refractivity contribution in [1.82, 2.24) is 15.0 Å². The molecule has 3 aromatic heterocycles. The van der Waals surface area contributed by atoms with Gasteiger partial charge in [-0.3, -0.25) is 0 Å². The van der Waals surface area contributed by atoms with Crippen molar-refractivity contribution in [3.63, 3.8) is 0 Å². The van der Waals surface area contributed by atoms with Gasteiger partial charge in [-0.05, 0) is 107 Å². The molecular formula is C52H41N3OS. The van der Waals surface area contributed by atoms with E-state index < -0.39 is 0 Å². The Morgan fingerprint density at radius 2 is 1.61 bits per heavy atom. The smallest absolute Gasteiger partial charge is 0.163 e. The monoisotopic (exact) mass is 755 g/mol. The lowest BCUT2D eigenvalue weighted by Gasteiger charge is -2.24. The van der Waals surface area contributed by atoms with Gasteiger partial charge in [0.05, 0.1) is 0 Å². The molecule has 57 heavy (non-hydrogen) atoms. The fourth-order valence-electron chi connectivity index (χ4n) is 9.13. The molecule has 0 radical (unpaired) electrons. The highest BCUT2D eigenvalue weighted by molar-refractivity contribution is 7.20. The molecule has 4 nitrogen and oxygen atoms in total. The topological polar surface area (TPSA) is 51.8 Å². The summed E-state index contributed by atoms with van der Waals surface area (Å²) in [5.74, 6) is 3.05. The quantitative estimate of drug-likeness (QED) is 0.170. The first kappa shape index (κ1) is 34.1. The van der Waals surface area contributed by atoms with Gasteiger partial charge in [-0.1, -0.05) is 128 Å². The second-order valence-electron chi connectivity index (χ2n) is 15.7. The van der Waals surface area contributed by atoms with Crippen LogP contribution in [0.2, 0.25) is 0 Å². The van der Waals surface area contributed by atoms with E-state index in [4.69, 9.17) is 19.4 Å². The van der Waals surface area contributed by atoms with Crippen LogP contribution < -0.4 is 0 Å². The average Bonchev–Trinajstić information content (AvgIpc) is 3.85. The second-order valence-corrected chi connectivity index (χ2v) is 16.8. The highest BCUT2D eigenvalue weighted by Crippen LogP contribution is 2.47. The molecule has 7 aromatic rings. The summed E-state index contributed by atoms with van der Waals surface area (Å²) in [6.07, 6.45) is 30.8. The van der Waals surface area contributed by atoms with E-state index in [1.807, 2.05) is 11.3 Å². The molecule has 4 unspecified atom stereocenters. The average molecular weight is 756 g/mol. The molecule has 4 atom stereocenters. The minimum atomic E-state index is -0.00846. The summed E-state index contributed by atoms with van der Waals surface area (Å²) in [6.45, 7) is 2.27. The molecule has 3 heterocycles. The van der Waals surface area contributed by atoms with Crippen LogP contribution in [-0.4, -0.2) is 15.0 Å². The minimum absolute atomic E-state index is 0.00846. The number of thiophene rings is 1. The van der Waals surface area contributed by atoms with Crippen LogP contribution in [-0.2, 0) is 0 Å². The van der Waals surface area contributed by atoms with E-state index in [1.165, 1.54) is 42.8 Å². The van der Waals surface area contributed by atoms with E-state index in [-0.39, 0.29) is 23.7 Å². The molecule has 0 amide bonds. The maximum atomic E-state index is 6.59. The predicted molar refractivity (Wildman–Crippen MR) is 237 cm³/mol. The number of furan rings is 1. The Balaban J connectivity index is 1.01. The van der Waals surface area contributed by atoms with Crippen LogP contribution in [0.25, 0.3) is 60.4 Å². The normalized spacial score (nSPS) is 21.4. The fraction of sp³-hybridized carbons (Fsp3) is 0.173. The van der Waals surface area contributed by atoms with E-state index >= 15 is 0 Å². The van der Waals surface area contributed by atoms with Gasteiger partial charge in [0.15, 0.2) is 5.82 Å². The number of rotatable bonds is 6. The van der Waals surface area contributed by atoms with Gasteiger partial charge >= 0.3 is 0 Å². The van der Waals surface area contributed by atoms with Crippen molar-refractivity contribution in [2.45, 2.75) is 50.4 Å². The van der Waals surface area contributed by atoms with Crippen LogP contribution in [0.5, 0.6) is 0 Å². The van der Waals surface area contributed by atoms with Gasteiger partial charge in [0, 0.05) is 43.7 Å². The van der Waals surface area contributed by atoms with Crippen LogP contribution in [0.4, 0.5) is 0 Å². The van der Waals surface area contributed by atoms with E-state index in [9.17, 15) is 0 Å². The van der Waals surface area contributed by atoms with Crippen LogP contribution in [0.15, 0.2) is 156 Å². The summed E-state index contributed by atoms with van der Waals surface area (Å²) in [6, 6.07) is 31.0. The van der Waals surface area contributed by atoms with Crippen molar-refractivity contribution in [2.24, 2.45) is 5.92 Å². The first-order valence-corrected chi connectivity index (χ1v) is 21.1. The first-order valence-electron chi connectivity index (χ1n) is 20.2. The summed E-state index contributed by atoms with van der Waals surface area (Å²) in [7, 11) is 0. The number of nitrogens with zero attached hydrogens (tertiary/aromatic N) is 3. The number of hydrogen-bond acceptors (Lipinski definition) is 5. The Morgan fingerprint density at radius 1 is 0.684 bits per heavy atom. The Kier molecular flexibility index (Phi) is 8.43. The first-order chi connectivity index (χ1) is 28.1. The van der Waals surface area contributed by atoms with Crippen molar-refractivity contribution < 1.29 is 4.42 Å². The Morgan fingerprint density at radius 3 is 2.49 bits per heavy atom. The predicted octanol–water partition coefficient (Wildman–Crippen LogP) is 13.9. The van der Waals surface area contributed by atoms with Crippen molar-refractivity contribution in [3.8, 4) is 11.1 Å². The SMILES string of the molecule is CC1C=CC(c2cccc3oc4ccc(C5CC=Cc6sc7ccc(-c8ccccc8)cc7c65)cc4c23)=CC1c1nc(C2=CCCC=C2)nc(C2C=CC=CC2)n1. The lowest BCUT2D eigenvalue weighted by Crippen LogP contribution is -2.17. The molecule has 0 saturated heterocycles. The molecule has 0 fully saturated rings. The number of allylic oxidation sites excluding steroid dienone is 13. The van der Waals surface area contributed by atoms with Crippen LogP contribution in [0.1, 0.15) is 89.4 Å². The number of hydrogen-bond donors (Lipinski definition) is 0. The Hall–Kier alpha value is -6.17. The van der Waals surface area contributed by atoms with Gasteiger partial charge in [-0.2, -0.15) is 0 Å². The summed E-state index contributed by atoms with van der Waals surface area (Å²) in [4.78, 5) is 16.8. The van der Waals surface area contributed by atoms with Gasteiger partial charge in [0.1, 0.15) is 22.8 Å². The van der Waals surface area contributed by atoms with Crippen molar-refractivity contribution in [2.75, 3.05) is 0 Å². The number of fused-ring (bicyclic) bond motifs is 6. The maximum absolute atomic E-state index is 6.59. The molecule has 11 rings (SSSR count). The lowest BCUT2D eigenvalue weighted by atomic mass is 9.82. The van der Waals surface area contributed by atoms with Crippen LogP contribution >= 0.6 is 11.3 Å². The number of benzene rings is 4. The summed E-state index contributed by atoms with van der Waals surface area (Å²) < 4.78 is 7.93. The van der Waals surface area contributed by atoms with E-state index in [0.717, 1.165) is 76.2 Å². The Bertz CT molecular complexity index is 2950. The molecule has 0 aliphatic heterocycles. The van der Waals surface area contributed by atoms with Crippen LogP contribution in [0.3, 0.4) is 0 Å². The Labute approximate surface area is 336 Å². The second kappa shape index (κ2) is 14.1. The molecule has 4 aliphatic carbocycles. The summed E-state index contributed by atoms with van der Waals surface area (Å²) in [5.41, 5.74) is 10.5. The van der Waals surface area contributed by atoms with Crippen molar-refractivity contribution in [3.05, 3.63) is 191 Å². The highest BCUT2D eigenvalue weighted by Gasteiger charge is 2.28. The summed E-state index contributed by atoms with van der Waals surface area (Å²) >= 11 is 1.90. The van der Waals surface area contributed by atoms with Gasteiger partial charge in [-0.25, -0.2) is 15.0 Å². The zero-order valence-electron chi connectivity index (χ0n) is 31.8. The molecule has 5 heteroatoms. The zero-order valence-corrected chi connectivity index (χ0v) is 32.6. The third kappa shape index (κ3) is 6.09. The minimum Gasteiger partial charge on any atom is -0.456 e. The van der Waals surface area contributed by atoms with Crippen molar-refractivity contribution in [1.29, 1.82) is 0 Å². The lowest BCUT2D eigenvalue weighted by molar-refractivity contribution is 0.587. The molecular weight excluding hydrogens is 715 g/mol. The zero-order chi connectivity index (χ0) is 37.9. The molecule has 0 spiro atoms. The third-order valence-corrected chi connectivity index (χ3v) is 13.3. The highest BCUT2D eigenvalue weighted by atomic mass is 32.1. The van der Waals surface area contributed by atoms with E-state index in [1.54, 1.807) is 0 Å². The molecule has 276 valence electrons. The fourth-order valence-corrected chi connectivity index (χ4v) is 10.3. The molecule has 4 aliphatic rings. The largest absolute Gasteiger partial charge is 0.456 e. The summed E-state index contributed by atoms with van der Waals surface area (Å²) in [5, 5.41) is 3.67. The van der Waals surface area contributed by atoms with Gasteiger partial charge in [-0.15, -0.1) is 11.3 Å². The molecule has 0 saturated carbocycles. The molecule has 0 N–H and O–H groups in total. The third-order valence-electron chi connectivity index (χ3n) is 12.1. The molecule has 4 aromatic carbocycles. The van der Waals surface area contributed by atoms with Gasteiger partial charge in [0.2, 0.25) is 0 Å². The van der Waals surface area contributed by atoms with Crippen LogP contribution in [0, 0.1) is 5.92 Å². The van der Waals surface area contributed by atoms with Crippen molar-refractivity contribution >= 4 is 60.6 Å². The van der Waals surface area contributed by atoms with Gasteiger partial charge < -0.3 is 4.42 Å². The standard InChI is InChI=1S/C52H41N3OS/c1-32-23-24-37(30-41(32)52-54-50(34-15-7-3-8-16-34)53-51(55-52)35-17-9-4-10-18-35)39-19-11-21-45-48(39)42-31-38(25-27-44(42)56-45)40-20-12-22-47-49(40)43-29-36(26-28-46(43)57-47)33-13-5-2-6-14-33/h2-3,5-9,11-15,17-19,21-32,34,40-41H,4,10,16,20H2,1H3. The number of aromatic nitrogens is 3.